The van der Waals surface area contributed by atoms with E-state index in [4.69, 9.17) is 10.9 Å². The van der Waals surface area contributed by atoms with E-state index >= 15 is 0 Å². The highest BCUT2D eigenvalue weighted by Crippen LogP contribution is 2.31. The van der Waals surface area contributed by atoms with Crippen LogP contribution in [0.3, 0.4) is 0 Å². The van der Waals surface area contributed by atoms with Gasteiger partial charge in [-0.25, -0.2) is 0 Å². The van der Waals surface area contributed by atoms with E-state index in [1.807, 2.05) is 6.92 Å². The molecular formula is C11H21N3O2. The molecular weight excluding hydrogens is 206 g/mol. The van der Waals surface area contributed by atoms with Crippen molar-refractivity contribution in [3.05, 3.63) is 0 Å². The van der Waals surface area contributed by atoms with Crippen molar-refractivity contribution in [2.45, 2.75) is 39.5 Å². The molecule has 0 bridgehead atoms. The van der Waals surface area contributed by atoms with E-state index in [1.54, 1.807) is 6.92 Å². The zero-order valence-corrected chi connectivity index (χ0v) is 9.99. The molecule has 5 nitrogen and oxygen atoms in total. The summed E-state index contributed by atoms with van der Waals surface area (Å²) in [5.74, 6) is 0.599. The molecule has 0 radical (unpaired) electrons. The van der Waals surface area contributed by atoms with Gasteiger partial charge in [0.2, 0.25) is 5.91 Å². The van der Waals surface area contributed by atoms with Gasteiger partial charge in [0.15, 0.2) is 5.84 Å². The first-order chi connectivity index (χ1) is 7.54. The Morgan fingerprint density at radius 3 is 2.69 bits per heavy atom. The molecule has 16 heavy (non-hydrogen) atoms. The van der Waals surface area contributed by atoms with Gasteiger partial charge in [-0.3, -0.25) is 4.79 Å². The number of nitrogens with two attached hydrogens (primary N) is 1. The number of amidine groups is 1. The van der Waals surface area contributed by atoms with Gasteiger partial charge in [0, 0.05) is 6.54 Å². The number of rotatable bonds is 6. The fourth-order valence-electron chi connectivity index (χ4n) is 1.56. The zero-order chi connectivity index (χ0) is 12.2. The summed E-state index contributed by atoms with van der Waals surface area (Å²) < 4.78 is 0. The minimum Gasteiger partial charge on any atom is -0.409 e. The molecule has 1 atom stereocenters. The molecule has 0 aromatic rings. The molecule has 5 heteroatoms. The summed E-state index contributed by atoms with van der Waals surface area (Å²) in [6.07, 6.45) is 4.10. The molecule has 1 amide bonds. The summed E-state index contributed by atoms with van der Waals surface area (Å²) in [6, 6.07) is 0. The van der Waals surface area contributed by atoms with Crippen molar-refractivity contribution in [3.8, 4) is 0 Å². The van der Waals surface area contributed by atoms with E-state index in [9.17, 15) is 4.79 Å². The van der Waals surface area contributed by atoms with Crippen molar-refractivity contribution in [3.63, 3.8) is 0 Å². The summed E-state index contributed by atoms with van der Waals surface area (Å²) in [7, 11) is 0. The molecule has 1 rings (SSSR count). The summed E-state index contributed by atoms with van der Waals surface area (Å²) >= 11 is 0. The van der Waals surface area contributed by atoms with E-state index in [-0.39, 0.29) is 11.7 Å². The monoisotopic (exact) mass is 227 g/mol. The fraction of sp³-hybridized carbons (Fsp3) is 0.818. The number of carbonyl (C=O) groups is 1. The summed E-state index contributed by atoms with van der Waals surface area (Å²) in [5.41, 5.74) is 4.64. The Morgan fingerprint density at radius 2 is 2.25 bits per heavy atom. The summed E-state index contributed by atoms with van der Waals surface area (Å²) in [4.78, 5) is 11.9. The molecule has 0 spiro atoms. The van der Waals surface area contributed by atoms with Crippen LogP contribution in [0.15, 0.2) is 5.16 Å². The van der Waals surface area contributed by atoms with Crippen LogP contribution in [0.25, 0.3) is 0 Å². The highest BCUT2D eigenvalue weighted by Gasteiger charge is 2.36. The molecule has 0 aromatic heterocycles. The first kappa shape index (κ1) is 12.8. The number of hydrogen-bond donors (Lipinski definition) is 3. The van der Waals surface area contributed by atoms with Gasteiger partial charge < -0.3 is 16.3 Å². The number of nitrogens with one attached hydrogen (secondary N) is 1. The molecule has 4 N–H and O–H groups in total. The molecule has 1 unspecified atom stereocenters. The van der Waals surface area contributed by atoms with Gasteiger partial charge in [0.1, 0.15) is 5.41 Å². The maximum Gasteiger partial charge on any atom is 0.233 e. The van der Waals surface area contributed by atoms with E-state index in [2.05, 4.69) is 10.5 Å². The van der Waals surface area contributed by atoms with Crippen LogP contribution in [0.5, 0.6) is 0 Å². The van der Waals surface area contributed by atoms with E-state index in [0.29, 0.717) is 13.0 Å². The smallest absolute Gasteiger partial charge is 0.233 e. The van der Waals surface area contributed by atoms with Gasteiger partial charge in [-0.2, -0.15) is 0 Å². The third kappa shape index (κ3) is 2.87. The lowest BCUT2D eigenvalue weighted by atomic mass is 9.85. The molecule has 1 fully saturated rings. The molecule has 1 saturated carbocycles. The molecule has 0 aromatic carbocycles. The molecule has 92 valence electrons. The lowest BCUT2D eigenvalue weighted by Crippen LogP contribution is -2.47. The van der Waals surface area contributed by atoms with Crippen LogP contribution in [0.1, 0.15) is 39.5 Å². The van der Waals surface area contributed by atoms with Crippen molar-refractivity contribution in [1.82, 2.24) is 5.32 Å². The van der Waals surface area contributed by atoms with E-state index in [1.165, 1.54) is 12.8 Å². The van der Waals surface area contributed by atoms with Crippen LogP contribution in [-0.2, 0) is 4.79 Å². The first-order valence-electron chi connectivity index (χ1n) is 5.81. The Labute approximate surface area is 96.1 Å². The Balaban J connectivity index is 2.46. The normalized spacial score (nSPS) is 20.2. The third-order valence-corrected chi connectivity index (χ3v) is 3.42. The quantitative estimate of drug-likeness (QED) is 0.274. The largest absolute Gasteiger partial charge is 0.409 e. The minimum absolute atomic E-state index is 0.0288. The average Bonchev–Trinajstić information content (AvgIpc) is 3.10. The predicted molar refractivity (Wildman–Crippen MR) is 62.2 cm³/mol. The zero-order valence-electron chi connectivity index (χ0n) is 9.99. The summed E-state index contributed by atoms with van der Waals surface area (Å²) in [6.45, 7) is 4.21. The lowest BCUT2D eigenvalue weighted by Gasteiger charge is -2.25. The molecule has 1 aliphatic carbocycles. The number of oxime groups is 1. The van der Waals surface area contributed by atoms with Gasteiger partial charge >= 0.3 is 0 Å². The Bertz CT molecular complexity index is 287. The molecule has 0 aliphatic heterocycles. The average molecular weight is 227 g/mol. The second-order valence-corrected chi connectivity index (χ2v) is 4.66. The highest BCUT2D eigenvalue weighted by atomic mass is 16.4. The van der Waals surface area contributed by atoms with Crippen LogP contribution >= 0.6 is 0 Å². The van der Waals surface area contributed by atoms with Crippen molar-refractivity contribution in [2.24, 2.45) is 22.2 Å². The molecule has 0 heterocycles. The number of nitrogens with zero attached hydrogens (tertiary/aromatic N) is 1. The van der Waals surface area contributed by atoms with E-state index in [0.717, 1.165) is 12.3 Å². The third-order valence-electron chi connectivity index (χ3n) is 3.42. The van der Waals surface area contributed by atoms with Gasteiger partial charge in [0.05, 0.1) is 0 Å². The van der Waals surface area contributed by atoms with Gasteiger partial charge in [0.25, 0.3) is 0 Å². The topological polar surface area (TPSA) is 87.7 Å². The Morgan fingerprint density at radius 1 is 1.62 bits per heavy atom. The standard InChI is InChI=1S/C11H21N3O2/c1-3-11(2,9(12)14-16)10(15)13-7-6-8-4-5-8/h8,16H,3-7H2,1-2H3,(H2,12,14)(H,13,15). The van der Waals surface area contributed by atoms with Crippen molar-refractivity contribution < 1.29 is 10.0 Å². The van der Waals surface area contributed by atoms with Gasteiger partial charge in [-0.1, -0.05) is 24.9 Å². The first-order valence-corrected chi connectivity index (χ1v) is 5.81. The number of amides is 1. The second kappa shape index (κ2) is 5.18. The van der Waals surface area contributed by atoms with Gasteiger partial charge in [-0.05, 0) is 25.7 Å². The molecule has 1 aliphatic rings. The maximum absolute atomic E-state index is 11.9. The van der Waals surface area contributed by atoms with Crippen LogP contribution in [0.4, 0.5) is 0 Å². The Hall–Kier alpha value is -1.26. The van der Waals surface area contributed by atoms with Crippen LogP contribution in [0, 0.1) is 11.3 Å². The fourth-order valence-corrected chi connectivity index (χ4v) is 1.56. The maximum atomic E-state index is 11.9. The Kier molecular flexibility index (Phi) is 4.15. The summed E-state index contributed by atoms with van der Waals surface area (Å²) in [5, 5.41) is 14.4. The molecule has 0 saturated heterocycles. The second-order valence-electron chi connectivity index (χ2n) is 4.66. The number of hydrogen-bond acceptors (Lipinski definition) is 3. The van der Waals surface area contributed by atoms with Crippen molar-refractivity contribution in [1.29, 1.82) is 0 Å². The van der Waals surface area contributed by atoms with Gasteiger partial charge in [-0.15, -0.1) is 0 Å². The van der Waals surface area contributed by atoms with Crippen LogP contribution in [0.2, 0.25) is 0 Å². The SMILES string of the molecule is CCC(C)(C(=O)NCCC1CC1)C(N)=NO. The highest BCUT2D eigenvalue weighted by molar-refractivity contribution is 6.06. The van der Waals surface area contributed by atoms with Crippen molar-refractivity contribution in [2.75, 3.05) is 6.54 Å². The minimum atomic E-state index is -0.904. The van der Waals surface area contributed by atoms with Crippen LogP contribution < -0.4 is 11.1 Å². The van der Waals surface area contributed by atoms with Crippen LogP contribution in [-0.4, -0.2) is 23.5 Å². The predicted octanol–water partition coefficient (Wildman–Crippen LogP) is 1.07. The van der Waals surface area contributed by atoms with E-state index < -0.39 is 5.41 Å². The lowest BCUT2D eigenvalue weighted by molar-refractivity contribution is -0.127. The number of carbonyl (C=O) groups excluding carboxylic acids is 1. The van der Waals surface area contributed by atoms with Crippen molar-refractivity contribution >= 4 is 11.7 Å².